The van der Waals surface area contributed by atoms with E-state index in [2.05, 4.69) is 0 Å². The van der Waals surface area contributed by atoms with Crippen molar-refractivity contribution in [1.29, 1.82) is 0 Å². The average molecular weight is 379 g/mol. The van der Waals surface area contributed by atoms with E-state index in [1.165, 1.54) is 5.32 Å². The van der Waals surface area contributed by atoms with E-state index < -0.39 is 43.2 Å². The summed E-state index contributed by atoms with van der Waals surface area (Å²) in [7, 11) is 0. The van der Waals surface area contributed by atoms with Gasteiger partial charge in [-0.3, -0.25) is 19.7 Å². The van der Waals surface area contributed by atoms with Crippen LogP contribution in [0.5, 0.6) is 0 Å². The predicted octanol–water partition coefficient (Wildman–Crippen LogP) is 0.709. The molecule has 0 unspecified atom stereocenters. The molecule has 0 aromatic rings. The van der Waals surface area contributed by atoms with Crippen LogP contribution in [0, 0.1) is 5.92 Å². The second-order valence-electron chi connectivity index (χ2n) is 6.34. The van der Waals surface area contributed by atoms with E-state index in [4.69, 9.17) is 4.74 Å². The van der Waals surface area contributed by atoms with Crippen molar-refractivity contribution in [3.63, 3.8) is 0 Å². The van der Waals surface area contributed by atoms with E-state index in [1.54, 1.807) is 10.2 Å². The number of hydrogen-bond acceptors (Lipinski definition) is 5. The Morgan fingerprint density at radius 2 is 1.85 bits per heavy atom. The van der Waals surface area contributed by atoms with Crippen molar-refractivity contribution in [3.8, 4) is 0 Å². The van der Waals surface area contributed by atoms with Gasteiger partial charge in [0.25, 0.3) is 5.91 Å². The average Bonchev–Trinajstić information content (AvgIpc) is 3.19. The normalized spacial score (nSPS) is 21.0. The van der Waals surface area contributed by atoms with Crippen LogP contribution in [0.2, 0.25) is 0 Å². The number of ether oxygens (including phenoxy) is 1. The maximum absolute atomic E-state index is 12.0. The van der Waals surface area contributed by atoms with E-state index in [0.717, 1.165) is 25.7 Å². The molecule has 0 bridgehead atoms. The van der Waals surface area contributed by atoms with Crippen molar-refractivity contribution in [2.45, 2.75) is 44.3 Å². The number of nitrogens with one attached hydrogen (secondary N) is 2. The molecule has 2 rings (SSSR count). The summed E-state index contributed by atoms with van der Waals surface area (Å²) in [5.41, 5.74) is 0. The van der Waals surface area contributed by atoms with Crippen LogP contribution in [0.4, 0.5) is 18.0 Å². The number of halogens is 3. The van der Waals surface area contributed by atoms with Gasteiger partial charge in [0.1, 0.15) is 6.54 Å². The molecule has 1 saturated heterocycles. The van der Waals surface area contributed by atoms with Gasteiger partial charge in [-0.1, -0.05) is 12.8 Å². The third-order valence-electron chi connectivity index (χ3n) is 4.31. The zero-order valence-corrected chi connectivity index (χ0v) is 13.9. The zero-order valence-electron chi connectivity index (χ0n) is 13.9. The highest BCUT2D eigenvalue weighted by molar-refractivity contribution is 5.96. The molecule has 2 N–H and O–H groups in total. The summed E-state index contributed by atoms with van der Waals surface area (Å²) in [4.78, 5) is 48.2. The number of carbonyl (C=O) groups excluding carboxylic acids is 4. The maximum Gasteiger partial charge on any atom is 0.405 e. The van der Waals surface area contributed by atoms with Crippen molar-refractivity contribution < 1.29 is 37.1 Å². The van der Waals surface area contributed by atoms with Crippen LogP contribution in [0.1, 0.15) is 32.1 Å². The molecule has 2 fully saturated rings. The molecule has 0 radical (unpaired) electrons. The maximum atomic E-state index is 12.0. The Morgan fingerprint density at radius 1 is 1.19 bits per heavy atom. The van der Waals surface area contributed by atoms with Crippen LogP contribution >= 0.6 is 0 Å². The molecule has 0 spiro atoms. The standard InChI is InChI=1S/C15H20F3N3O5/c16-15(17,18)8-19-14(25)20-11(22)7-26-13(24)9-5-12(23)21(6-9)10-3-1-2-4-10/h9-10H,1-8H2,(H2,19,20,22,25)/t9-/m0/s1. The number of rotatable bonds is 5. The van der Waals surface area contributed by atoms with Gasteiger partial charge in [0.05, 0.1) is 5.92 Å². The summed E-state index contributed by atoms with van der Waals surface area (Å²) >= 11 is 0. The van der Waals surface area contributed by atoms with Gasteiger partial charge < -0.3 is 15.0 Å². The Balaban J connectivity index is 1.70. The Labute approximate surface area is 147 Å². The quantitative estimate of drug-likeness (QED) is 0.685. The minimum atomic E-state index is -4.60. The first kappa shape index (κ1) is 20.0. The van der Waals surface area contributed by atoms with Gasteiger partial charge in [-0.15, -0.1) is 0 Å². The monoisotopic (exact) mass is 379 g/mol. The number of amides is 4. The minimum absolute atomic E-state index is 0.00300. The van der Waals surface area contributed by atoms with E-state index in [9.17, 15) is 32.3 Å². The summed E-state index contributed by atoms with van der Waals surface area (Å²) < 4.78 is 40.5. The Kier molecular flexibility index (Phi) is 6.43. The Hall–Kier alpha value is -2.33. The molecule has 0 aromatic heterocycles. The molecule has 4 amide bonds. The lowest BCUT2D eigenvalue weighted by atomic mass is 10.1. The number of alkyl halides is 3. The van der Waals surface area contributed by atoms with Gasteiger partial charge in [-0.05, 0) is 12.8 Å². The molecule has 11 heteroatoms. The minimum Gasteiger partial charge on any atom is -0.455 e. The summed E-state index contributed by atoms with van der Waals surface area (Å²) in [6.07, 6.45) is -0.706. The molecular weight excluding hydrogens is 359 g/mol. The summed E-state index contributed by atoms with van der Waals surface area (Å²) in [5, 5.41) is 3.07. The van der Waals surface area contributed by atoms with Crippen LogP contribution in [0.3, 0.4) is 0 Å². The lowest BCUT2D eigenvalue weighted by Crippen LogP contribution is -2.44. The smallest absolute Gasteiger partial charge is 0.405 e. The number of urea groups is 1. The number of nitrogens with zero attached hydrogens (tertiary/aromatic N) is 1. The van der Waals surface area contributed by atoms with Crippen molar-refractivity contribution in [2.24, 2.45) is 5.92 Å². The van der Waals surface area contributed by atoms with Crippen molar-refractivity contribution in [3.05, 3.63) is 0 Å². The molecule has 0 aromatic carbocycles. The number of likely N-dealkylation sites (tertiary alicyclic amines) is 1. The second-order valence-corrected chi connectivity index (χ2v) is 6.34. The van der Waals surface area contributed by atoms with Crippen molar-refractivity contribution >= 4 is 23.8 Å². The van der Waals surface area contributed by atoms with Gasteiger partial charge in [0.2, 0.25) is 5.91 Å². The molecular formula is C15H20F3N3O5. The fraction of sp³-hybridized carbons (Fsp3) is 0.733. The number of carbonyl (C=O) groups is 4. The third kappa shape index (κ3) is 5.88. The first-order chi connectivity index (χ1) is 12.2. The van der Waals surface area contributed by atoms with E-state index >= 15 is 0 Å². The molecule has 2 aliphatic rings. The number of esters is 1. The lowest BCUT2D eigenvalue weighted by Gasteiger charge is -2.23. The number of imide groups is 1. The highest BCUT2D eigenvalue weighted by Crippen LogP contribution is 2.29. The summed E-state index contributed by atoms with van der Waals surface area (Å²) in [6.45, 7) is -2.17. The lowest BCUT2D eigenvalue weighted by molar-refractivity contribution is -0.152. The van der Waals surface area contributed by atoms with Crippen LogP contribution in [-0.2, 0) is 19.1 Å². The second kappa shape index (κ2) is 8.37. The van der Waals surface area contributed by atoms with Gasteiger partial charge in [0.15, 0.2) is 6.61 Å². The molecule has 1 saturated carbocycles. The summed E-state index contributed by atoms with van der Waals surface area (Å²) in [6, 6.07) is -1.20. The topological polar surface area (TPSA) is 105 Å². The Bertz CT molecular complexity index is 575. The van der Waals surface area contributed by atoms with Gasteiger partial charge >= 0.3 is 18.2 Å². The van der Waals surface area contributed by atoms with E-state index in [1.807, 2.05) is 0 Å². The van der Waals surface area contributed by atoms with Gasteiger partial charge in [0, 0.05) is 19.0 Å². The molecule has 1 aliphatic carbocycles. The van der Waals surface area contributed by atoms with Crippen LogP contribution in [-0.4, -0.2) is 60.6 Å². The highest BCUT2D eigenvalue weighted by atomic mass is 19.4. The fourth-order valence-electron chi connectivity index (χ4n) is 3.10. The van der Waals surface area contributed by atoms with Gasteiger partial charge in [-0.2, -0.15) is 13.2 Å². The number of hydrogen-bond donors (Lipinski definition) is 2. The molecule has 146 valence electrons. The van der Waals surface area contributed by atoms with Crippen LogP contribution in [0.25, 0.3) is 0 Å². The third-order valence-corrected chi connectivity index (χ3v) is 4.31. The van der Waals surface area contributed by atoms with E-state index in [-0.39, 0.29) is 24.9 Å². The first-order valence-electron chi connectivity index (χ1n) is 8.26. The first-order valence-corrected chi connectivity index (χ1v) is 8.26. The molecule has 26 heavy (non-hydrogen) atoms. The molecule has 1 aliphatic heterocycles. The molecule has 8 nitrogen and oxygen atoms in total. The largest absolute Gasteiger partial charge is 0.455 e. The fourth-order valence-corrected chi connectivity index (χ4v) is 3.10. The van der Waals surface area contributed by atoms with Gasteiger partial charge in [-0.25, -0.2) is 4.79 Å². The predicted molar refractivity (Wildman–Crippen MR) is 80.6 cm³/mol. The molecule has 1 heterocycles. The van der Waals surface area contributed by atoms with Crippen molar-refractivity contribution in [1.82, 2.24) is 15.5 Å². The van der Waals surface area contributed by atoms with Crippen LogP contribution < -0.4 is 10.6 Å². The Morgan fingerprint density at radius 3 is 2.46 bits per heavy atom. The van der Waals surface area contributed by atoms with Crippen molar-refractivity contribution in [2.75, 3.05) is 19.7 Å². The zero-order chi connectivity index (χ0) is 19.3. The van der Waals surface area contributed by atoms with Crippen LogP contribution in [0.15, 0.2) is 0 Å². The SMILES string of the molecule is O=C(COC(=O)[C@H]1CC(=O)N(C2CCCC2)C1)NC(=O)NCC(F)(F)F. The highest BCUT2D eigenvalue weighted by Gasteiger charge is 2.39. The molecule has 1 atom stereocenters. The summed E-state index contributed by atoms with van der Waals surface area (Å²) in [5.74, 6) is -2.62. The van der Waals surface area contributed by atoms with E-state index in [0.29, 0.717) is 0 Å².